The van der Waals surface area contributed by atoms with Crippen LogP contribution in [0.3, 0.4) is 0 Å². The molecule has 0 saturated carbocycles. The molecular weight excluding hydrogens is 308 g/mol. The molecule has 0 radical (unpaired) electrons. The first-order chi connectivity index (χ1) is 11.2. The number of nitrogens with zero attached hydrogens (tertiary/aromatic N) is 3. The number of piperazine rings is 1. The molecule has 0 bridgehead atoms. The predicted molar refractivity (Wildman–Crippen MR) is 92.4 cm³/mol. The smallest absolute Gasteiger partial charge is 0.101 e. The fourth-order valence-corrected chi connectivity index (χ4v) is 2.44. The SMILES string of the molecule is Clc1ccccc1.N#Cc1ccc(N2CCNCC2)c(C#N)c1. The summed E-state index contributed by atoms with van der Waals surface area (Å²) in [7, 11) is 0. The minimum absolute atomic E-state index is 0.537. The molecule has 5 heteroatoms. The summed E-state index contributed by atoms with van der Waals surface area (Å²) in [5.74, 6) is 0. The summed E-state index contributed by atoms with van der Waals surface area (Å²) in [6.45, 7) is 3.68. The molecule has 0 unspecified atom stereocenters. The summed E-state index contributed by atoms with van der Waals surface area (Å²) in [5.41, 5.74) is 2.05. The zero-order valence-electron chi connectivity index (χ0n) is 12.7. The Morgan fingerprint density at radius 1 is 0.957 bits per heavy atom. The van der Waals surface area contributed by atoms with Gasteiger partial charge < -0.3 is 10.2 Å². The van der Waals surface area contributed by atoms with Gasteiger partial charge in [0.15, 0.2) is 0 Å². The van der Waals surface area contributed by atoms with Gasteiger partial charge in [0.25, 0.3) is 0 Å². The fourth-order valence-electron chi connectivity index (χ4n) is 2.29. The highest BCUT2D eigenvalue weighted by molar-refractivity contribution is 6.30. The first kappa shape index (κ1) is 16.8. The van der Waals surface area contributed by atoms with E-state index in [0.717, 1.165) is 36.9 Å². The fraction of sp³-hybridized carbons (Fsp3) is 0.222. The van der Waals surface area contributed by atoms with Gasteiger partial charge >= 0.3 is 0 Å². The lowest BCUT2D eigenvalue weighted by Crippen LogP contribution is -2.43. The lowest BCUT2D eigenvalue weighted by atomic mass is 10.1. The summed E-state index contributed by atoms with van der Waals surface area (Å²) in [6, 6.07) is 18.9. The van der Waals surface area contributed by atoms with Crippen molar-refractivity contribution < 1.29 is 0 Å². The lowest BCUT2D eigenvalue weighted by Gasteiger charge is -2.30. The average Bonchev–Trinajstić information content (AvgIpc) is 2.63. The molecule has 0 spiro atoms. The van der Waals surface area contributed by atoms with Crippen molar-refractivity contribution >= 4 is 17.3 Å². The maximum absolute atomic E-state index is 9.07. The molecule has 1 heterocycles. The third-order valence-corrected chi connectivity index (χ3v) is 3.69. The molecule has 3 rings (SSSR count). The third-order valence-electron chi connectivity index (χ3n) is 3.44. The van der Waals surface area contributed by atoms with Gasteiger partial charge in [0, 0.05) is 31.2 Å². The summed E-state index contributed by atoms with van der Waals surface area (Å²) in [4.78, 5) is 2.18. The van der Waals surface area contributed by atoms with E-state index in [2.05, 4.69) is 16.3 Å². The molecule has 2 aromatic carbocycles. The molecule has 0 aliphatic carbocycles. The van der Waals surface area contributed by atoms with Crippen LogP contribution in [0.1, 0.15) is 11.1 Å². The molecule has 1 saturated heterocycles. The van der Waals surface area contributed by atoms with Gasteiger partial charge in [-0.3, -0.25) is 0 Å². The van der Waals surface area contributed by atoms with Gasteiger partial charge in [-0.2, -0.15) is 10.5 Å². The van der Waals surface area contributed by atoms with E-state index in [1.807, 2.05) is 42.5 Å². The normalized spacial score (nSPS) is 13.3. The summed E-state index contributed by atoms with van der Waals surface area (Å²) < 4.78 is 0. The van der Waals surface area contributed by atoms with E-state index in [0.29, 0.717) is 11.1 Å². The van der Waals surface area contributed by atoms with Crippen LogP contribution in [-0.2, 0) is 0 Å². The maximum Gasteiger partial charge on any atom is 0.101 e. The third kappa shape index (κ3) is 5.00. The van der Waals surface area contributed by atoms with E-state index in [-0.39, 0.29) is 0 Å². The topological polar surface area (TPSA) is 62.9 Å². The van der Waals surface area contributed by atoms with Crippen LogP contribution < -0.4 is 10.2 Å². The van der Waals surface area contributed by atoms with Crippen LogP contribution in [0.25, 0.3) is 0 Å². The molecular formula is C18H17ClN4. The van der Waals surface area contributed by atoms with Gasteiger partial charge in [-0.15, -0.1) is 0 Å². The number of halogens is 1. The molecule has 1 aliphatic rings. The molecule has 2 aromatic rings. The first-order valence-electron chi connectivity index (χ1n) is 7.35. The van der Waals surface area contributed by atoms with Crippen molar-refractivity contribution in [3.05, 3.63) is 64.7 Å². The second-order valence-corrected chi connectivity index (χ2v) is 5.42. The summed E-state index contributed by atoms with van der Waals surface area (Å²) in [5, 5.41) is 21.9. The molecule has 1 fully saturated rings. The van der Waals surface area contributed by atoms with Crippen molar-refractivity contribution in [1.82, 2.24) is 5.32 Å². The van der Waals surface area contributed by atoms with Crippen LogP contribution in [0.15, 0.2) is 48.5 Å². The van der Waals surface area contributed by atoms with Crippen molar-refractivity contribution in [2.75, 3.05) is 31.1 Å². The first-order valence-corrected chi connectivity index (χ1v) is 7.73. The largest absolute Gasteiger partial charge is 0.368 e. The van der Waals surface area contributed by atoms with Gasteiger partial charge in [-0.05, 0) is 30.3 Å². The molecule has 4 nitrogen and oxygen atoms in total. The minimum atomic E-state index is 0.537. The monoisotopic (exact) mass is 324 g/mol. The van der Waals surface area contributed by atoms with Crippen molar-refractivity contribution in [2.45, 2.75) is 0 Å². The minimum Gasteiger partial charge on any atom is -0.368 e. The molecule has 1 N–H and O–H groups in total. The van der Waals surface area contributed by atoms with E-state index in [1.54, 1.807) is 12.1 Å². The van der Waals surface area contributed by atoms with Gasteiger partial charge in [0.05, 0.1) is 22.9 Å². The highest BCUT2D eigenvalue weighted by atomic mass is 35.5. The van der Waals surface area contributed by atoms with Gasteiger partial charge in [-0.1, -0.05) is 29.8 Å². The van der Waals surface area contributed by atoms with Crippen LogP contribution in [0.2, 0.25) is 5.02 Å². The Morgan fingerprint density at radius 2 is 1.65 bits per heavy atom. The predicted octanol–water partition coefficient (Wildman–Crippen LogP) is 3.18. The highest BCUT2D eigenvalue weighted by Gasteiger charge is 2.14. The van der Waals surface area contributed by atoms with E-state index in [9.17, 15) is 0 Å². The molecule has 1 aliphatic heterocycles. The Hall–Kier alpha value is -2.53. The van der Waals surface area contributed by atoms with E-state index < -0.39 is 0 Å². The van der Waals surface area contributed by atoms with E-state index in [1.165, 1.54) is 0 Å². The number of hydrogen-bond donors (Lipinski definition) is 1. The Morgan fingerprint density at radius 3 is 2.17 bits per heavy atom. The quantitative estimate of drug-likeness (QED) is 0.875. The number of benzene rings is 2. The van der Waals surface area contributed by atoms with E-state index in [4.69, 9.17) is 22.1 Å². The number of nitriles is 2. The lowest BCUT2D eigenvalue weighted by molar-refractivity contribution is 0.589. The molecule has 23 heavy (non-hydrogen) atoms. The standard InChI is InChI=1S/C12H12N4.C6H5Cl/c13-8-10-1-2-12(11(7-10)9-14)16-5-3-15-4-6-16;7-6-4-2-1-3-5-6/h1-2,7,15H,3-6H2;1-5H. The van der Waals surface area contributed by atoms with Crippen molar-refractivity contribution in [2.24, 2.45) is 0 Å². The number of anilines is 1. The highest BCUT2D eigenvalue weighted by Crippen LogP contribution is 2.21. The second kappa shape index (κ2) is 8.80. The summed E-state index contributed by atoms with van der Waals surface area (Å²) >= 11 is 5.54. The Kier molecular flexibility index (Phi) is 6.44. The van der Waals surface area contributed by atoms with Crippen molar-refractivity contribution in [3.8, 4) is 12.1 Å². The van der Waals surface area contributed by atoms with Gasteiger partial charge in [-0.25, -0.2) is 0 Å². The van der Waals surface area contributed by atoms with Crippen molar-refractivity contribution in [3.63, 3.8) is 0 Å². The number of hydrogen-bond acceptors (Lipinski definition) is 4. The summed E-state index contributed by atoms with van der Waals surface area (Å²) in [6.07, 6.45) is 0. The maximum atomic E-state index is 9.07. The van der Waals surface area contributed by atoms with Crippen LogP contribution in [0, 0.1) is 22.7 Å². The van der Waals surface area contributed by atoms with Crippen LogP contribution >= 0.6 is 11.6 Å². The van der Waals surface area contributed by atoms with E-state index >= 15 is 0 Å². The molecule has 0 aromatic heterocycles. The van der Waals surface area contributed by atoms with Gasteiger partial charge in [0.2, 0.25) is 0 Å². The van der Waals surface area contributed by atoms with Crippen molar-refractivity contribution in [1.29, 1.82) is 10.5 Å². The Balaban J connectivity index is 0.000000229. The Bertz CT molecular complexity index is 710. The molecule has 116 valence electrons. The zero-order chi connectivity index (χ0) is 16.5. The van der Waals surface area contributed by atoms with Crippen LogP contribution in [0.5, 0.6) is 0 Å². The number of rotatable bonds is 1. The zero-order valence-corrected chi connectivity index (χ0v) is 13.4. The van der Waals surface area contributed by atoms with Crippen LogP contribution in [0.4, 0.5) is 5.69 Å². The average molecular weight is 325 g/mol. The Labute approximate surface area is 141 Å². The van der Waals surface area contributed by atoms with Crippen LogP contribution in [-0.4, -0.2) is 26.2 Å². The molecule has 0 amide bonds. The second-order valence-electron chi connectivity index (χ2n) is 4.99. The van der Waals surface area contributed by atoms with Gasteiger partial charge in [0.1, 0.15) is 6.07 Å². The molecule has 0 atom stereocenters. The number of nitrogens with one attached hydrogen (secondary N) is 1.